The first-order chi connectivity index (χ1) is 10.0. The van der Waals surface area contributed by atoms with Crippen molar-refractivity contribution in [1.29, 1.82) is 0 Å². The second-order valence-electron chi connectivity index (χ2n) is 7.91. The van der Waals surface area contributed by atoms with Gasteiger partial charge in [-0.2, -0.15) is 0 Å². The van der Waals surface area contributed by atoms with Gasteiger partial charge in [-0.25, -0.2) is 0 Å². The van der Waals surface area contributed by atoms with Crippen molar-refractivity contribution >= 4 is 5.91 Å². The molecule has 4 saturated carbocycles. The molecule has 0 aromatic rings. The number of aliphatic hydroxyl groups excluding tert-OH is 1. The van der Waals surface area contributed by atoms with Crippen LogP contribution in [-0.2, 0) is 9.53 Å². The van der Waals surface area contributed by atoms with Gasteiger partial charge in [0.15, 0.2) is 0 Å². The standard InChI is InChI=1S/C17H29NO3/c1-17(3-4-19,10-21-2)18-16(20)15-13-6-11-5-12(8-13)9-14(15)7-11/h11-15,19H,3-10H2,1-2H3,(H,18,20). The summed E-state index contributed by atoms with van der Waals surface area (Å²) in [6.07, 6.45) is 6.98. The zero-order valence-corrected chi connectivity index (χ0v) is 13.3. The van der Waals surface area contributed by atoms with E-state index >= 15 is 0 Å². The maximum atomic E-state index is 12.9. The smallest absolute Gasteiger partial charge is 0.224 e. The second kappa shape index (κ2) is 5.88. The van der Waals surface area contributed by atoms with E-state index in [1.54, 1.807) is 7.11 Å². The van der Waals surface area contributed by atoms with Crippen LogP contribution in [0.2, 0.25) is 0 Å². The van der Waals surface area contributed by atoms with Crippen LogP contribution in [0.25, 0.3) is 0 Å². The lowest BCUT2D eigenvalue weighted by Gasteiger charge is -2.54. The van der Waals surface area contributed by atoms with E-state index in [1.165, 1.54) is 32.1 Å². The quantitative estimate of drug-likeness (QED) is 0.787. The number of amides is 1. The number of hydrogen-bond acceptors (Lipinski definition) is 3. The largest absolute Gasteiger partial charge is 0.396 e. The Morgan fingerprint density at radius 3 is 2.24 bits per heavy atom. The average Bonchev–Trinajstić information content (AvgIpc) is 2.37. The number of ether oxygens (including phenoxy) is 1. The van der Waals surface area contributed by atoms with E-state index in [0.29, 0.717) is 24.9 Å². The molecule has 1 atom stereocenters. The van der Waals surface area contributed by atoms with E-state index in [2.05, 4.69) is 5.32 Å². The molecule has 2 N–H and O–H groups in total. The summed E-state index contributed by atoms with van der Waals surface area (Å²) in [6, 6.07) is 0. The van der Waals surface area contributed by atoms with Crippen LogP contribution in [0.5, 0.6) is 0 Å². The zero-order valence-electron chi connectivity index (χ0n) is 13.3. The summed E-state index contributed by atoms with van der Waals surface area (Å²) in [5.74, 6) is 3.38. The second-order valence-corrected chi connectivity index (χ2v) is 7.91. The van der Waals surface area contributed by atoms with Crippen molar-refractivity contribution in [1.82, 2.24) is 5.32 Å². The van der Waals surface area contributed by atoms with Crippen LogP contribution in [0.4, 0.5) is 0 Å². The Bertz CT molecular complexity index is 361. The minimum atomic E-state index is -0.449. The number of methoxy groups -OCH3 is 1. The van der Waals surface area contributed by atoms with Gasteiger partial charge in [-0.05, 0) is 69.1 Å². The van der Waals surface area contributed by atoms with E-state index in [4.69, 9.17) is 4.74 Å². The molecule has 0 aromatic heterocycles. The summed E-state index contributed by atoms with van der Waals surface area (Å²) < 4.78 is 5.24. The van der Waals surface area contributed by atoms with Crippen molar-refractivity contribution in [2.45, 2.75) is 51.0 Å². The molecule has 0 heterocycles. The molecule has 0 saturated heterocycles. The molecule has 0 aliphatic heterocycles. The van der Waals surface area contributed by atoms with E-state index in [9.17, 15) is 9.90 Å². The SMILES string of the molecule is COCC(C)(CCO)NC(=O)C1C2CC3CC(C2)CC1C3. The van der Waals surface area contributed by atoms with Gasteiger partial charge in [-0.1, -0.05) is 0 Å². The zero-order chi connectivity index (χ0) is 15.0. The van der Waals surface area contributed by atoms with Crippen LogP contribution in [0, 0.1) is 29.6 Å². The fraction of sp³-hybridized carbons (Fsp3) is 0.941. The molecule has 0 spiro atoms. The summed E-state index contributed by atoms with van der Waals surface area (Å²) in [7, 11) is 1.64. The molecule has 4 aliphatic rings. The summed E-state index contributed by atoms with van der Waals surface area (Å²) in [5, 5.41) is 12.4. The van der Waals surface area contributed by atoms with E-state index in [0.717, 1.165) is 11.8 Å². The summed E-state index contributed by atoms with van der Waals surface area (Å²) in [6.45, 7) is 2.50. The third-order valence-electron chi connectivity index (χ3n) is 6.08. The molecule has 21 heavy (non-hydrogen) atoms. The Hall–Kier alpha value is -0.610. The Kier molecular flexibility index (Phi) is 4.28. The first-order valence-corrected chi connectivity index (χ1v) is 8.46. The molecule has 0 radical (unpaired) electrons. The summed E-state index contributed by atoms with van der Waals surface area (Å²) in [4.78, 5) is 12.9. The maximum absolute atomic E-state index is 12.9. The van der Waals surface area contributed by atoms with Crippen molar-refractivity contribution in [2.24, 2.45) is 29.6 Å². The molecule has 4 rings (SSSR count). The third kappa shape index (κ3) is 2.98. The molecule has 4 heteroatoms. The van der Waals surface area contributed by atoms with Crippen LogP contribution in [0.1, 0.15) is 45.4 Å². The van der Waals surface area contributed by atoms with Gasteiger partial charge in [0.1, 0.15) is 0 Å². The van der Waals surface area contributed by atoms with E-state index in [1.807, 2.05) is 6.92 Å². The Morgan fingerprint density at radius 2 is 1.76 bits per heavy atom. The topological polar surface area (TPSA) is 58.6 Å². The van der Waals surface area contributed by atoms with E-state index in [-0.39, 0.29) is 18.4 Å². The molecule has 0 aromatic carbocycles. The van der Waals surface area contributed by atoms with Crippen molar-refractivity contribution in [2.75, 3.05) is 20.3 Å². The van der Waals surface area contributed by atoms with Crippen molar-refractivity contribution in [3.8, 4) is 0 Å². The van der Waals surface area contributed by atoms with Gasteiger partial charge >= 0.3 is 0 Å². The summed E-state index contributed by atoms with van der Waals surface area (Å²) >= 11 is 0. The van der Waals surface area contributed by atoms with Gasteiger partial charge in [0.25, 0.3) is 0 Å². The number of carbonyl (C=O) groups is 1. The number of rotatable bonds is 6. The highest BCUT2D eigenvalue weighted by atomic mass is 16.5. The molecular weight excluding hydrogens is 266 g/mol. The van der Waals surface area contributed by atoms with Crippen LogP contribution >= 0.6 is 0 Å². The van der Waals surface area contributed by atoms with Crippen LogP contribution < -0.4 is 5.32 Å². The minimum absolute atomic E-state index is 0.0712. The molecule has 4 aliphatic carbocycles. The molecule has 1 amide bonds. The molecule has 4 fully saturated rings. The molecule has 4 nitrogen and oxygen atoms in total. The highest BCUT2D eigenvalue weighted by Gasteiger charge is 2.51. The maximum Gasteiger partial charge on any atom is 0.224 e. The van der Waals surface area contributed by atoms with Gasteiger partial charge in [-0.3, -0.25) is 4.79 Å². The van der Waals surface area contributed by atoms with Crippen LogP contribution in [-0.4, -0.2) is 36.9 Å². The van der Waals surface area contributed by atoms with Crippen LogP contribution in [0.15, 0.2) is 0 Å². The Morgan fingerprint density at radius 1 is 1.19 bits per heavy atom. The van der Waals surface area contributed by atoms with Gasteiger partial charge in [-0.15, -0.1) is 0 Å². The average molecular weight is 295 g/mol. The number of hydrogen-bond donors (Lipinski definition) is 2. The molecule has 120 valence electrons. The van der Waals surface area contributed by atoms with Crippen molar-refractivity contribution in [3.05, 3.63) is 0 Å². The lowest BCUT2D eigenvalue weighted by atomic mass is 9.51. The fourth-order valence-electron chi connectivity index (χ4n) is 5.47. The van der Waals surface area contributed by atoms with Crippen LogP contribution in [0.3, 0.4) is 0 Å². The van der Waals surface area contributed by atoms with E-state index < -0.39 is 5.54 Å². The van der Waals surface area contributed by atoms with Gasteiger partial charge in [0.05, 0.1) is 12.1 Å². The highest BCUT2D eigenvalue weighted by molar-refractivity contribution is 5.80. The first-order valence-electron chi connectivity index (χ1n) is 8.46. The lowest BCUT2D eigenvalue weighted by molar-refractivity contribution is -0.140. The predicted molar refractivity (Wildman–Crippen MR) is 80.7 cm³/mol. The number of carbonyl (C=O) groups excluding carboxylic acids is 1. The number of aliphatic hydroxyl groups is 1. The van der Waals surface area contributed by atoms with Crippen molar-refractivity contribution in [3.63, 3.8) is 0 Å². The minimum Gasteiger partial charge on any atom is -0.396 e. The molecular formula is C17H29NO3. The predicted octanol–water partition coefficient (Wildman–Crippen LogP) is 1.96. The Balaban J connectivity index is 1.67. The van der Waals surface area contributed by atoms with Crippen molar-refractivity contribution < 1.29 is 14.6 Å². The molecule has 1 unspecified atom stereocenters. The lowest BCUT2D eigenvalue weighted by Crippen LogP contribution is -2.57. The van der Waals surface area contributed by atoms with Gasteiger partial charge in [0.2, 0.25) is 5.91 Å². The van der Waals surface area contributed by atoms with Gasteiger partial charge < -0.3 is 15.2 Å². The fourth-order valence-corrected chi connectivity index (χ4v) is 5.47. The monoisotopic (exact) mass is 295 g/mol. The van der Waals surface area contributed by atoms with Gasteiger partial charge in [0, 0.05) is 19.6 Å². The first kappa shape index (κ1) is 15.3. The molecule has 4 bridgehead atoms. The Labute approximate surface area is 127 Å². The third-order valence-corrected chi connectivity index (χ3v) is 6.08. The highest BCUT2D eigenvalue weighted by Crippen LogP contribution is 2.56. The normalized spacial score (nSPS) is 40.0. The summed E-state index contributed by atoms with van der Waals surface area (Å²) in [5.41, 5.74) is -0.449. The number of nitrogens with one attached hydrogen (secondary N) is 1.